The van der Waals surface area contributed by atoms with Crippen molar-refractivity contribution in [3.05, 3.63) is 72.0 Å². The molecule has 0 saturated carbocycles. The molecule has 0 unspecified atom stereocenters. The second-order valence-electron chi connectivity index (χ2n) is 6.03. The molecular formula is C18H13ClN4O7S. The molecule has 0 aliphatic heterocycles. The van der Waals surface area contributed by atoms with Crippen molar-refractivity contribution < 1.29 is 24.2 Å². The fourth-order valence-electron chi connectivity index (χ4n) is 2.74. The van der Waals surface area contributed by atoms with Gasteiger partial charge in [0.05, 0.1) is 43.3 Å². The van der Waals surface area contributed by atoms with Crippen LogP contribution in [0.2, 0.25) is 5.02 Å². The Morgan fingerprint density at radius 1 is 1.16 bits per heavy atom. The highest BCUT2D eigenvalue weighted by atomic mass is 35.5. The lowest BCUT2D eigenvalue weighted by Gasteiger charge is -2.06. The van der Waals surface area contributed by atoms with Crippen LogP contribution in [0.3, 0.4) is 0 Å². The van der Waals surface area contributed by atoms with Gasteiger partial charge in [0.2, 0.25) is 0 Å². The van der Waals surface area contributed by atoms with Gasteiger partial charge in [0.15, 0.2) is 4.80 Å². The number of hydrogen-bond acceptors (Lipinski definition) is 8. The Balaban J connectivity index is 2.17. The van der Waals surface area contributed by atoms with Crippen LogP contribution < -0.4 is 4.80 Å². The van der Waals surface area contributed by atoms with Crippen LogP contribution in [-0.2, 0) is 16.1 Å². The third-order valence-electron chi connectivity index (χ3n) is 4.01. The number of hydrogen-bond donors (Lipinski definition) is 0. The van der Waals surface area contributed by atoms with Gasteiger partial charge in [-0.25, -0.2) is 0 Å². The lowest BCUT2D eigenvalue weighted by Crippen LogP contribution is -2.23. The number of ether oxygens (including phenoxy) is 1. The molecule has 0 aliphatic rings. The van der Waals surface area contributed by atoms with Gasteiger partial charge in [-0.05, 0) is 19.1 Å². The van der Waals surface area contributed by atoms with Gasteiger partial charge in [-0.3, -0.25) is 29.8 Å². The maximum atomic E-state index is 12.7. The number of para-hydroxylation sites is 1. The van der Waals surface area contributed by atoms with Crippen molar-refractivity contribution in [2.75, 3.05) is 6.61 Å². The van der Waals surface area contributed by atoms with E-state index in [1.807, 2.05) is 0 Å². The van der Waals surface area contributed by atoms with E-state index in [1.165, 1.54) is 4.57 Å². The molecule has 0 radical (unpaired) electrons. The van der Waals surface area contributed by atoms with Crippen LogP contribution in [0.4, 0.5) is 11.4 Å². The quantitative estimate of drug-likeness (QED) is 0.308. The number of carbonyl (C=O) groups excluding carboxylic acids is 2. The van der Waals surface area contributed by atoms with E-state index in [9.17, 15) is 29.8 Å². The molecule has 11 nitrogen and oxygen atoms in total. The van der Waals surface area contributed by atoms with Crippen LogP contribution >= 0.6 is 22.9 Å². The number of nitro groups is 2. The van der Waals surface area contributed by atoms with Gasteiger partial charge >= 0.3 is 5.97 Å². The maximum absolute atomic E-state index is 12.7. The highest BCUT2D eigenvalue weighted by molar-refractivity contribution is 7.16. The van der Waals surface area contributed by atoms with Gasteiger partial charge in [0, 0.05) is 12.1 Å². The Kier molecular flexibility index (Phi) is 6.42. The fraction of sp³-hybridized carbons (Fsp3) is 0.167. The second kappa shape index (κ2) is 9.02. The molecule has 1 amide bonds. The lowest BCUT2D eigenvalue weighted by molar-refractivity contribution is -0.394. The Morgan fingerprint density at radius 2 is 1.81 bits per heavy atom. The highest BCUT2D eigenvalue weighted by Gasteiger charge is 2.21. The number of benzene rings is 2. The number of carbonyl (C=O) groups is 2. The zero-order chi connectivity index (χ0) is 22.7. The first kappa shape index (κ1) is 22.1. The molecule has 160 valence electrons. The SMILES string of the molecule is CCOC(=O)Cn1c(=NC(=O)c2cc([N+](=O)[O-])cc([N+](=O)[O-])c2)sc2cccc(Cl)c21. The number of aromatic nitrogens is 1. The number of nitro benzene ring substituents is 2. The van der Waals surface area contributed by atoms with Crippen LogP contribution in [0.15, 0.2) is 41.4 Å². The average Bonchev–Trinajstić information content (AvgIpc) is 3.05. The normalized spacial score (nSPS) is 11.5. The first-order valence-electron chi connectivity index (χ1n) is 8.67. The van der Waals surface area contributed by atoms with Crippen LogP contribution in [-0.4, -0.2) is 32.9 Å². The first-order chi connectivity index (χ1) is 14.7. The van der Waals surface area contributed by atoms with E-state index in [0.29, 0.717) is 15.2 Å². The van der Waals surface area contributed by atoms with E-state index in [4.69, 9.17) is 16.3 Å². The van der Waals surface area contributed by atoms with Crippen LogP contribution in [0.5, 0.6) is 0 Å². The fourth-order valence-corrected chi connectivity index (χ4v) is 4.12. The number of halogens is 1. The van der Waals surface area contributed by atoms with Crippen molar-refractivity contribution in [1.82, 2.24) is 4.57 Å². The summed E-state index contributed by atoms with van der Waals surface area (Å²) in [5.41, 5.74) is -1.12. The second-order valence-corrected chi connectivity index (χ2v) is 7.45. The molecule has 0 saturated heterocycles. The van der Waals surface area contributed by atoms with Gasteiger partial charge in [-0.2, -0.15) is 4.99 Å². The molecule has 13 heteroatoms. The number of rotatable bonds is 6. The van der Waals surface area contributed by atoms with Crippen molar-refractivity contribution in [2.45, 2.75) is 13.5 Å². The zero-order valence-electron chi connectivity index (χ0n) is 15.8. The number of nitrogens with zero attached hydrogens (tertiary/aromatic N) is 4. The largest absolute Gasteiger partial charge is 0.465 e. The summed E-state index contributed by atoms with van der Waals surface area (Å²) in [6.45, 7) is 1.52. The molecule has 0 aliphatic carbocycles. The van der Waals surface area contributed by atoms with Gasteiger partial charge in [-0.1, -0.05) is 29.0 Å². The number of esters is 1. The van der Waals surface area contributed by atoms with Crippen molar-refractivity contribution >= 4 is 56.4 Å². The summed E-state index contributed by atoms with van der Waals surface area (Å²) < 4.78 is 6.98. The number of non-ortho nitro benzene ring substituents is 2. The van der Waals surface area contributed by atoms with Crippen molar-refractivity contribution in [3.63, 3.8) is 0 Å². The summed E-state index contributed by atoms with van der Waals surface area (Å²) >= 11 is 7.32. The minimum absolute atomic E-state index is 0.0790. The third-order valence-corrected chi connectivity index (χ3v) is 5.36. The molecule has 0 fully saturated rings. The summed E-state index contributed by atoms with van der Waals surface area (Å²) in [6.07, 6.45) is 0. The average molecular weight is 465 g/mol. The molecule has 1 heterocycles. The molecule has 31 heavy (non-hydrogen) atoms. The van der Waals surface area contributed by atoms with Crippen LogP contribution in [0.1, 0.15) is 17.3 Å². The Morgan fingerprint density at radius 3 is 2.39 bits per heavy atom. The predicted octanol–water partition coefficient (Wildman–Crippen LogP) is 3.48. The van der Waals surface area contributed by atoms with Crippen LogP contribution in [0, 0.1) is 20.2 Å². The van der Waals surface area contributed by atoms with E-state index >= 15 is 0 Å². The number of amides is 1. The maximum Gasteiger partial charge on any atom is 0.326 e. The van der Waals surface area contributed by atoms with Crippen molar-refractivity contribution in [2.24, 2.45) is 4.99 Å². The van der Waals surface area contributed by atoms with Gasteiger partial charge in [0.25, 0.3) is 17.3 Å². The summed E-state index contributed by atoms with van der Waals surface area (Å²) in [5, 5.41) is 22.5. The summed E-state index contributed by atoms with van der Waals surface area (Å²) in [4.78, 5) is 49.3. The Labute approximate surface area is 182 Å². The summed E-state index contributed by atoms with van der Waals surface area (Å²) in [5.74, 6) is -1.53. The van der Waals surface area contributed by atoms with E-state index < -0.39 is 33.1 Å². The molecule has 3 aromatic rings. The monoisotopic (exact) mass is 464 g/mol. The standard InChI is InChI=1S/C18H13ClN4O7S/c1-2-30-15(24)9-21-16-13(19)4-3-5-14(16)31-18(21)20-17(25)10-6-11(22(26)27)8-12(7-10)23(28)29/h3-8H,2,9H2,1H3. The number of fused-ring (bicyclic) bond motifs is 1. The molecule has 2 aromatic carbocycles. The minimum Gasteiger partial charge on any atom is -0.465 e. The number of thiazole rings is 1. The molecule has 0 N–H and O–H groups in total. The Bertz CT molecular complexity index is 1270. The molecule has 0 spiro atoms. The predicted molar refractivity (Wildman–Crippen MR) is 111 cm³/mol. The first-order valence-corrected chi connectivity index (χ1v) is 9.87. The zero-order valence-corrected chi connectivity index (χ0v) is 17.4. The molecule has 3 rings (SSSR count). The van der Waals surface area contributed by atoms with Gasteiger partial charge < -0.3 is 9.30 Å². The molecule has 0 bridgehead atoms. The highest BCUT2D eigenvalue weighted by Crippen LogP contribution is 2.26. The molecule has 1 aromatic heterocycles. The molecular weight excluding hydrogens is 452 g/mol. The Hall–Kier alpha value is -3.64. The van der Waals surface area contributed by atoms with Crippen LogP contribution in [0.25, 0.3) is 10.2 Å². The van der Waals surface area contributed by atoms with E-state index in [1.54, 1.807) is 25.1 Å². The van der Waals surface area contributed by atoms with Crippen molar-refractivity contribution in [1.29, 1.82) is 0 Å². The topological polar surface area (TPSA) is 147 Å². The summed E-state index contributed by atoms with van der Waals surface area (Å²) in [6, 6.07) is 7.55. The third kappa shape index (κ3) is 4.75. The van der Waals surface area contributed by atoms with E-state index in [0.717, 1.165) is 29.5 Å². The van der Waals surface area contributed by atoms with E-state index in [-0.39, 0.29) is 23.5 Å². The van der Waals surface area contributed by atoms with Gasteiger partial charge in [0.1, 0.15) is 6.54 Å². The minimum atomic E-state index is -0.952. The van der Waals surface area contributed by atoms with Crippen molar-refractivity contribution in [3.8, 4) is 0 Å². The van der Waals surface area contributed by atoms with Gasteiger partial charge in [-0.15, -0.1) is 0 Å². The summed E-state index contributed by atoms with van der Waals surface area (Å²) in [7, 11) is 0. The smallest absolute Gasteiger partial charge is 0.326 e. The molecule has 0 atom stereocenters. The lowest BCUT2D eigenvalue weighted by atomic mass is 10.1. The van der Waals surface area contributed by atoms with E-state index in [2.05, 4.69) is 4.99 Å².